The summed E-state index contributed by atoms with van der Waals surface area (Å²) in [4.78, 5) is 0. The number of hydrogen-bond donors (Lipinski definition) is 1. The van der Waals surface area contributed by atoms with E-state index in [1.54, 1.807) is 0 Å². The van der Waals surface area contributed by atoms with Crippen molar-refractivity contribution in [3.8, 4) is 0 Å². The van der Waals surface area contributed by atoms with Crippen molar-refractivity contribution in [2.24, 2.45) is 0 Å². The Morgan fingerprint density at radius 1 is 1.18 bits per heavy atom. The first kappa shape index (κ1) is 10.6. The summed E-state index contributed by atoms with van der Waals surface area (Å²) in [6, 6.07) is 11.5. The quantitative estimate of drug-likeness (QED) is 0.791. The summed E-state index contributed by atoms with van der Waals surface area (Å²) in [5.74, 6) is 0. The Kier molecular flexibility index (Phi) is 2.52. The minimum Gasteiger partial charge on any atom is -0.348 e. The van der Waals surface area contributed by atoms with Gasteiger partial charge in [0.15, 0.2) is 0 Å². The lowest BCUT2D eigenvalue weighted by Gasteiger charge is -2.27. The van der Waals surface area contributed by atoms with E-state index in [2.05, 4.69) is 60.3 Å². The smallest absolute Gasteiger partial charge is 0.0731 e. The summed E-state index contributed by atoms with van der Waals surface area (Å²) < 4.78 is 2.35. The van der Waals surface area contributed by atoms with Crippen molar-refractivity contribution >= 4 is 0 Å². The maximum absolute atomic E-state index is 3.61. The molecule has 0 fully saturated rings. The Morgan fingerprint density at radius 2 is 1.94 bits per heavy atom. The van der Waals surface area contributed by atoms with Crippen LogP contribution in [0.5, 0.6) is 0 Å². The van der Waals surface area contributed by atoms with Crippen molar-refractivity contribution in [2.45, 2.75) is 26.4 Å². The number of rotatable bonds is 1. The van der Waals surface area contributed by atoms with E-state index >= 15 is 0 Å². The topological polar surface area (TPSA) is 17.0 Å². The van der Waals surface area contributed by atoms with E-state index in [9.17, 15) is 0 Å². The third-order valence-corrected chi connectivity index (χ3v) is 3.44. The van der Waals surface area contributed by atoms with Crippen LogP contribution >= 0.6 is 0 Å². The standard InChI is InChI=1S/C15H18N2/c1-11-8-12(2)10-13(9-11)15-14-4-3-6-17(14)7-5-16-15/h3-4,6,8-10,15-16H,5,7H2,1-2H3. The van der Waals surface area contributed by atoms with Gasteiger partial charge in [-0.05, 0) is 31.5 Å². The molecular formula is C15H18N2. The second kappa shape index (κ2) is 4.04. The Morgan fingerprint density at radius 3 is 2.71 bits per heavy atom. The number of benzene rings is 1. The normalized spacial score (nSPS) is 19.1. The summed E-state index contributed by atoms with van der Waals surface area (Å²) in [7, 11) is 0. The molecule has 88 valence electrons. The van der Waals surface area contributed by atoms with Crippen molar-refractivity contribution < 1.29 is 0 Å². The predicted octanol–water partition coefficient (Wildman–Crippen LogP) is 2.80. The summed E-state index contributed by atoms with van der Waals surface area (Å²) in [6.45, 7) is 6.44. The van der Waals surface area contributed by atoms with E-state index in [0.29, 0.717) is 6.04 Å². The van der Waals surface area contributed by atoms with Gasteiger partial charge in [-0.3, -0.25) is 0 Å². The highest BCUT2D eigenvalue weighted by atomic mass is 15.1. The maximum Gasteiger partial charge on any atom is 0.0731 e. The number of nitrogens with one attached hydrogen (secondary N) is 1. The van der Waals surface area contributed by atoms with Crippen LogP contribution in [0, 0.1) is 13.8 Å². The van der Waals surface area contributed by atoms with Gasteiger partial charge in [0, 0.05) is 25.0 Å². The van der Waals surface area contributed by atoms with E-state index < -0.39 is 0 Å². The first-order valence-corrected chi connectivity index (χ1v) is 6.21. The van der Waals surface area contributed by atoms with Crippen LogP contribution in [0.15, 0.2) is 36.5 Å². The highest BCUT2D eigenvalue weighted by molar-refractivity contribution is 5.35. The Bertz CT molecular complexity index is 519. The maximum atomic E-state index is 3.61. The second-order valence-electron chi connectivity index (χ2n) is 4.93. The fourth-order valence-electron chi connectivity index (χ4n) is 2.79. The molecule has 3 rings (SSSR count). The van der Waals surface area contributed by atoms with Gasteiger partial charge in [0.2, 0.25) is 0 Å². The molecule has 17 heavy (non-hydrogen) atoms. The van der Waals surface area contributed by atoms with Crippen molar-refractivity contribution in [3.63, 3.8) is 0 Å². The molecule has 0 radical (unpaired) electrons. The highest BCUT2D eigenvalue weighted by Crippen LogP contribution is 2.26. The molecule has 1 atom stereocenters. The van der Waals surface area contributed by atoms with Crippen LogP contribution in [0.4, 0.5) is 0 Å². The van der Waals surface area contributed by atoms with Crippen molar-refractivity contribution in [2.75, 3.05) is 6.54 Å². The Labute approximate surface area is 102 Å². The predicted molar refractivity (Wildman–Crippen MR) is 70.2 cm³/mol. The molecule has 1 aromatic carbocycles. The summed E-state index contributed by atoms with van der Waals surface area (Å²) in [5, 5.41) is 3.61. The third-order valence-electron chi connectivity index (χ3n) is 3.44. The van der Waals surface area contributed by atoms with Crippen LogP contribution in [-0.4, -0.2) is 11.1 Å². The van der Waals surface area contributed by atoms with Crippen LogP contribution in [0.1, 0.15) is 28.4 Å². The molecule has 0 saturated carbocycles. The molecule has 1 aliphatic heterocycles. The molecule has 0 amide bonds. The summed E-state index contributed by atoms with van der Waals surface area (Å²) >= 11 is 0. The number of nitrogens with zero attached hydrogens (tertiary/aromatic N) is 1. The van der Waals surface area contributed by atoms with E-state index in [-0.39, 0.29) is 0 Å². The lowest BCUT2D eigenvalue weighted by atomic mass is 9.98. The summed E-state index contributed by atoms with van der Waals surface area (Å²) in [5.41, 5.74) is 5.43. The minimum atomic E-state index is 0.345. The molecule has 0 aliphatic carbocycles. The van der Waals surface area contributed by atoms with E-state index in [4.69, 9.17) is 0 Å². The van der Waals surface area contributed by atoms with Crippen molar-refractivity contribution in [1.29, 1.82) is 0 Å². The van der Waals surface area contributed by atoms with E-state index in [1.165, 1.54) is 22.4 Å². The second-order valence-corrected chi connectivity index (χ2v) is 4.93. The molecule has 1 N–H and O–H groups in total. The average molecular weight is 226 g/mol. The fourth-order valence-corrected chi connectivity index (χ4v) is 2.79. The van der Waals surface area contributed by atoms with Gasteiger partial charge in [0.1, 0.15) is 0 Å². The van der Waals surface area contributed by atoms with Gasteiger partial charge in [-0.25, -0.2) is 0 Å². The Balaban J connectivity index is 2.06. The molecule has 2 heteroatoms. The molecule has 0 spiro atoms. The lowest BCUT2D eigenvalue weighted by Crippen LogP contribution is -2.33. The Hall–Kier alpha value is -1.54. The van der Waals surface area contributed by atoms with E-state index in [1.807, 2.05) is 0 Å². The molecular weight excluding hydrogens is 208 g/mol. The SMILES string of the molecule is Cc1cc(C)cc(C2NCCn3cccc32)c1. The number of hydrogen-bond acceptors (Lipinski definition) is 1. The number of fused-ring (bicyclic) bond motifs is 1. The van der Waals surface area contributed by atoms with Gasteiger partial charge >= 0.3 is 0 Å². The lowest BCUT2D eigenvalue weighted by molar-refractivity contribution is 0.467. The molecule has 1 aromatic heterocycles. The molecule has 1 unspecified atom stereocenters. The average Bonchev–Trinajstić information content (AvgIpc) is 2.75. The first-order chi connectivity index (χ1) is 8.24. The highest BCUT2D eigenvalue weighted by Gasteiger charge is 2.20. The molecule has 0 saturated heterocycles. The van der Waals surface area contributed by atoms with Gasteiger partial charge < -0.3 is 9.88 Å². The molecule has 2 heterocycles. The van der Waals surface area contributed by atoms with Gasteiger partial charge in [-0.15, -0.1) is 0 Å². The van der Waals surface area contributed by atoms with Gasteiger partial charge in [-0.1, -0.05) is 29.3 Å². The zero-order chi connectivity index (χ0) is 11.8. The van der Waals surface area contributed by atoms with Crippen LogP contribution in [0.25, 0.3) is 0 Å². The largest absolute Gasteiger partial charge is 0.348 e. The zero-order valence-corrected chi connectivity index (χ0v) is 10.4. The minimum absolute atomic E-state index is 0.345. The molecule has 0 bridgehead atoms. The van der Waals surface area contributed by atoms with Crippen LogP contribution in [0.3, 0.4) is 0 Å². The molecule has 1 aliphatic rings. The van der Waals surface area contributed by atoms with E-state index in [0.717, 1.165) is 13.1 Å². The molecule has 2 aromatic rings. The van der Waals surface area contributed by atoms with Gasteiger partial charge in [-0.2, -0.15) is 0 Å². The monoisotopic (exact) mass is 226 g/mol. The number of aryl methyl sites for hydroxylation is 2. The molecule has 2 nitrogen and oxygen atoms in total. The van der Waals surface area contributed by atoms with Crippen molar-refractivity contribution in [3.05, 3.63) is 58.9 Å². The number of aromatic nitrogens is 1. The van der Waals surface area contributed by atoms with Crippen LogP contribution in [0.2, 0.25) is 0 Å². The van der Waals surface area contributed by atoms with Crippen LogP contribution in [-0.2, 0) is 6.54 Å². The van der Waals surface area contributed by atoms with Crippen molar-refractivity contribution in [1.82, 2.24) is 9.88 Å². The third kappa shape index (κ3) is 1.89. The fraction of sp³-hybridized carbons (Fsp3) is 0.333. The summed E-state index contributed by atoms with van der Waals surface area (Å²) in [6.07, 6.45) is 2.17. The van der Waals surface area contributed by atoms with Gasteiger partial charge in [0.05, 0.1) is 6.04 Å². The van der Waals surface area contributed by atoms with Gasteiger partial charge in [0.25, 0.3) is 0 Å². The first-order valence-electron chi connectivity index (χ1n) is 6.21. The van der Waals surface area contributed by atoms with Crippen LogP contribution < -0.4 is 5.32 Å². The zero-order valence-electron chi connectivity index (χ0n) is 10.4.